The molecule has 126 valence electrons. The molecule has 0 atom stereocenters. The summed E-state index contributed by atoms with van der Waals surface area (Å²) in [7, 11) is 0. The van der Waals surface area contributed by atoms with Crippen LogP contribution in [0.3, 0.4) is 0 Å². The van der Waals surface area contributed by atoms with Gasteiger partial charge in [0.05, 0.1) is 0 Å². The van der Waals surface area contributed by atoms with Gasteiger partial charge in [0.25, 0.3) is 0 Å². The lowest BCUT2D eigenvalue weighted by Gasteiger charge is -2.44. The first-order valence-corrected chi connectivity index (χ1v) is 9.01. The highest BCUT2D eigenvalue weighted by Gasteiger charge is 2.36. The molecule has 0 aliphatic carbocycles. The summed E-state index contributed by atoms with van der Waals surface area (Å²) in [5.74, 6) is 0.977. The number of ketones is 1. The first kappa shape index (κ1) is 17.5. The highest BCUT2D eigenvalue weighted by molar-refractivity contribution is 5.85. The van der Waals surface area contributed by atoms with Gasteiger partial charge in [-0.15, -0.1) is 0 Å². The molecule has 0 aromatic rings. The quantitative estimate of drug-likeness (QED) is 0.821. The van der Waals surface area contributed by atoms with E-state index in [-0.39, 0.29) is 11.7 Å². The van der Waals surface area contributed by atoms with Crippen molar-refractivity contribution in [2.75, 3.05) is 26.2 Å². The smallest absolute Gasteiger partial charge is 0.223 e. The van der Waals surface area contributed by atoms with Crippen molar-refractivity contribution in [3.8, 4) is 0 Å². The number of hydrogen-bond donors (Lipinski definition) is 1. The number of likely N-dealkylation sites (tertiary alicyclic amines) is 1. The van der Waals surface area contributed by atoms with Crippen molar-refractivity contribution in [3.05, 3.63) is 0 Å². The van der Waals surface area contributed by atoms with Gasteiger partial charge < -0.3 is 10.2 Å². The Bertz CT molecular complexity index is 377. The lowest BCUT2D eigenvalue weighted by atomic mass is 9.73. The number of Topliss-reactive ketones (excluding diaryl/α,β-unsaturated/α-hetero) is 1. The van der Waals surface area contributed by atoms with Crippen molar-refractivity contribution in [2.45, 2.75) is 65.2 Å². The number of nitrogens with zero attached hydrogens (tertiary/aromatic N) is 1. The molecule has 0 radical (unpaired) electrons. The number of nitrogens with one attached hydrogen (secondary N) is 1. The van der Waals surface area contributed by atoms with Crippen LogP contribution in [0.15, 0.2) is 0 Å². The first-order chi connectivity index (χ1) is 10.5. The molecule has 22 heavy (non-hydrogen) atoms. The molecule has 0 bridgehead atoms. The summed E-state index contributed by atoms with van der Waals surface area (Å²) < 4.78 is 0. The maximum Gasteiger partial charge on any atom is 0.223 e. The molecule has 1 amide bonds. The Labute approximate surface area is 135 Å². The number of rotatable bonds is 6. The second kappa shape index (κ2) is 8.09. The number of hydrogen-bond acceptors (Lipinski definition) is 3. The normalized spacial score (nSPS) is 21.3. The molecule has 2 saturated heterocycles. The van der Waals surface area contributed by atoms with E-state index >= 15 is 0 Å². The molecule has 1 N–H and O–H groups in total. The molecule has 2 rings (SSSR count). The van der Waals surface area contributed by atoms with E-state index in [0.29, 0.717) is 30.6 Å². The summed E-state index contributed by atoms with van der Waals surface area (Å²) in [5.41, 5.74) is 0.433. The van der Waals surface area contributed by atoms with Crippen LogP contribution in [-0.4, -0.2) is 42.8 Å². The van der Waals surface area contributed by atoms with E-state index in [9.17, 15) is 9.59 Å². The van der Waals surface area contributed by atoms with Gasteiger partial charge in [-0.2, -0.15) is 0 Å². The average molecular weight is 308 g/mol. The van der Waals surface area contributed by atoms with Crippen LogP contribution in [0.5, 0.6) is 0 Å². The number of piperidine rings is 2. The van der Waals surface area contributed by atoms with Crippen LogP contribution in [0.2, 0.25) is 0 Å². The summed E-state index contributed by atoms with van der Waals surface area (Å²) in [4.78, 5) is 26.0. The average Bonchev–Trinajstić information content (AvgIpc) is 2.52. The van der Waals surface area contributed by atoms with Gasteiger partial charge in [-0.25, -0.2) is 0 Å². The third-order valence-electron chi connectivity index (χ3n) is 5.36. The van der Waals surface area contributed by atoms with E-state index in [1.54, 1.807) is 0 Å². The number of amides is 1. The maximum atomic E-state index is 12.3. The van der Waals surface area contributed by atoms with Crippen molar-refractivity contribution >= 4 is 11.7 Å². The largest absolute Gasteiger partial charge is 0.343 e. The fourth-order valence-electron chi connectivity index (χ4n) is 3.67. The van der Waals surface area contributed by atoms with Crippen LogP contribution in [0, 0.1) is 11.3 Å². The monoisotopic (exact) mass is 308 g/mol. The minimum Gasteiger partial charge on any atom is -0.343 e. The van der Waals surface area contributed by atoms with Gasteiger partial charge in [0.2, 0.25) is 5.91 Å². The molecule has 2 heterocycles. The molecule has 2 aliphatic heterocycles. The zero-order valence-corrected chi connectivity index (χ0v) is 14.3. The van der Waals surface area contributed by atoms with Crippen LogP contribution in [0.1, 0.15) is 65.2 Å². The first-order valence-electron chi connectivity index (χ1n) is 9.01. The van der Waals surface area contributed by atoms with Crippen molar-refractivity contribution in [1.29, 1.82) is 0 Å². The highest BCUT2D eigenvalue weighted by atomic mass is 16.2. The third kappa shape index (κ3) is 5.08. The van der Waals surface area contributed by atoms with Crippen molar-refractivity contribution in [3.63, 3.8) is 0 Å². The maximum absolute atomic E-state index is 12.3. The van der Waals surface area contributed by atoms with Crippen LogP contribution < -0.4 is 5.32 Å². The van der Waals surface area contributed by atoms with E-state index in [0.717, 1.165) is 45.4 Å². The minimum atomic E-state index is 0.177. The summed E-state index contributed by atoms with van der Waals surface area (Å²) in [6.45, 7) is 8.26. The van der Waals surface area contributed by atoms with Gasteiger partial charge in [0, 0.05) is 38.9 Å². The van der Waals surface area contributed by atoms with E-state index in [1.807, 2.05) is 4.90 Å². The van der Waals surface area contributed by atoms with E-state index < -0.39 is 0 Å². The van der Waals surface area contributed by atoms with Gasteiger partial charge in [-0.1, -0.05) is 13.8 Å². The Kier molecular flexibility index (Phi) is 6.42. The fraction of sp³-hybridized carbons (Fsp3) is 0.889. The van der Waals surface area contributed by atoms with Crippen molar-refractivity contribution in [1.82, 2.24) is 10.2 Å². The Balaban J connectivity index is 1.67. The number of carbonyl (C=O) groups excluding carboxylic acids is 2. The second-order valence-electron chi connectivity index (χ2n) is 7.63. The molecule has 2 fully saturated rings. The fourth-order valence-corrected chi connectivity index (χ4v) is 3.67. The van der Waals surface area contributed by atoms with E-state index in [4.69, 9.17) is 0 Å². The minimum absolute atomic E-state index is 0.177. The summed E-state index contributed by atoms with van der Waals surface area (Å²) in [6, 6.07) is 0. The Morgan fingerprint density at radius 3 is 2.41 bits per heavy atom. The molecule has 1 spiro atoms. The number of carbonyl (C=O) groups is 2. The van der Waals surface area contributed by atoms with Gasteiger partial charge >= 0.3 is 0 Å². The zero-order valence-electron chi connectivity index (χ0n) is 14.3. The summed E-state index contributed by atoms with van der Waals surface area (Å²) in [5, 5.41) is 3.50. The highest BCUT2D eigenvalue weighted by Crippen LogP contribution is 2.37. The SMILES string of the molecule is CC(C)CCC(=O)CCC(=O)N1CCC2(CCCNC2)CC1. The van der Waals surface area contributed by atoms with E-state index in [2.05, 4.69) is 19.2 Å². The molecule has 0 aromatic heterocycles. The summed E-state index contributed by atoms with van der Waals surface area (Å²) in [6.07, 6.45) is 7.19. The Morgan fingerprint density at radius 1 is 1.09 bits per heavy atom. The molecule has 0 aromatic carbocycles. The zero-order chi connectivity index (χ0) is 16.0. The van der Waals surface area contributed by atoms with Crippen molar-refractivity contribution in [2.24, 2.45) is 11.3 Å². The van der Waals surface area contributed by atoms with Gasteiger partial charge in [-0.3, -0.25) is 9.59 Å². The van der Waals surface area contributed by atoms with Crippen LogP contribution >= 0.6 is 0 Å². The Hall–Kier alpha value is -0.900. The van der Waals surface area contributed by atoms with Crippen LogP contribution in [-0.2, 0) is 9.59 Å². The van der Waals surface area contributed by atoms with E-state index in [1.165, 1.54) is 12.8 Å². The molecular formula is C18H32N2O2. The predicted octanol–water partition coefficient (Wildman–Crippen LogP) is 2.76. The van der Waals surface area contributed by atoms with Gasteiger partial charge in [-0.05, 0) is 50.0 Å². The second-order valence-corrected chi connectivity index (χ2v) is 7.63. The van der Waals surface area contributed by atoms with Crippen LogP contribution in [0.25, 0.3) is 0 Å². The molecule has 4 heteroatoms. The van der Waals surface area contributed by atoms with Gasteiger partial charge in [0.15, 0.2) is 0 Å². The van der Waals surface area contributed by atoms with Crippen molar-refractivity contribution < 1.29 is 9.59 Å². The topological polar surface area (TPSA) is 49.4 Å². The Morgan fingerprint density at radius 2 is 1.82 bits per heavy atom. The standard InChI is InChI=1S/C18H32N2O2/c1-15(2)4-5-16(21)6-7-17(22)20-12-9-18(10-13-20)8-3-11-19-14-18/h15,19H,3-14H2,1-2H3. The van der Waals surface area contributed by atoms with Gasteiger partial charge in [0.1, 0.15) is 5.78 Å². The molecular weight excluding hydrogens is 276 g/mol. The molecule has 2 aliphatic rings. The van der Waals surface area contributed by atoms with Crippen LogP contribution in [0.4, 0.5) is 0 Å². The molecule has 4 nitrogen and oxygen atoms in total. The molecule has 0 unspecified atom stereocenters. The summed E-state index contributed by atoms with van der Waals surface area (Å²) >= 11 is 0. The molecule has 0 saturated carbocycles. The lowest BCUT2D eigenvalue weighted by Crippen LogP contribution is -2.49. The predicted molar refractivity (Wildman–Crippen MR) is 88.7 cm³/mol. The lowest BCUT2D eigenvalue weighted by molar-refractivity contribution is -0.135. The third-order valence-corrected chi connectivity index (χ3v) is 5.36.